The van der Waals surface area contributed by atoms with Crippen molar-refractivity contribution < 1.29 is 9.48 Å². The average Bonchev–Trinajstić information content (AvgIpc) is 3.06. The molecule has 0 saturated carbocycles. The fraction of sp³-hybridized carbons (Fsp3) is 0.263. The van der Waals surface area contributed by atoms with E-state index < -0.39 is 6.17 Å². The molecule has 1 N–H and O–H groups in total. The minimum Gasteiger partial charge on any atom is -0.291 e. The highest BCUT2D eigenvalue weighted by Gasteiger charge is 2.45. The Balaban J connectivity index is 2.07. The molecule has 3 aromatic rings. The van der Waals surface area contributed by atoms with Gasteiger partial charge in [0.2, 0.25) is 11.1 Å². The number of amides is 1. The Hall–Kier alpha value is -2.45. The van der Waals surface area contributed by atoms with Crippen LogP contribution in [0.4, 0.5) is 5.69 Å². The normalized spacial score (nSPS) is 15.4. The van der Waals surface area contributed by atoms with Crippen molar-refractivity contribution in [3.8, 4) is 11.3 Å². The van der Waals surface area contributed by atoms with Crippen molar-refractivity contribution >= 4 is 34.7 Å². The number of thiophene rings is 1. The predicted molar refractivity (Wildman–Crippen MR) is 107 cm³/mol. The number of aromatic amines is 1. The lowest BCUT2D eigenvalue weighted by molar-refractivity contribution is -0.762. The van der Waals surface area contributed by atoms with Gasteiger partial charge in [-0.15, -0.1) is 11.3 Å². The number of fused-ring (bicyclic) bond motifs is 3. The van der Waals surface area contributed by atoms with Crippen LogP contribution in [0.2, 0.25) is 0 Å². The fourth-order valence-electron chi connectivity index (χ4n) is 3.36. The van der Waals surface area contributed by atoms with Crippen LogP contribution in [0, 0.1) is 6.92 Å². The molecule has 138 valence electrons. The molecule has 27 heavy (non-hydrogen) atoms. The number of nitrogens with zero attached hydrogens (tertiary/aromatic N) is 3. The number of aryl methyl sites for hydroxylation is 1. The summed E-state index contributed by atoms with van der Waals surface area (Å²) in [4.78, 5) is 32.3. The Morgan fingerprint density at radius 1 is 1.33 bits per heavy atom. The highest BCUT2D eigenvalue weighted by molar-refractivity contribution is 7.99. The van der Waals surface area contributed by atoms with Crippen LogP contribution in [0.5, 0.6) is 0 Å². The van der Waals surface area contributed by atoms with Gasteiger partial charge in [0.1, 0.15) is 0 Å². The van der Waals surface area contributed by atoms with Crippen molar-refractivity contribution in [2.24, 2.45) is 0 Å². The largest absolute Gasteiger partial charge is 0.325 e. The Kier molecular flexibility index (Phi) is 4.61. The lowest BCUT2D eigenvalue weighted by Gasteiger charge is -2.30. The second-order valence-electron chi connectivity index (χ2n) is 6.21. The van der Waals surface area contributed by atoms with E-state index in [1.807, 2.05) is 50.2 Å². The number of para-hydroxylation sites is 1. The number of nitrogens with one attached hydrogen (secondary N) is 1. The van der Waals surface area contributed by atoms with E-state index in [2.05, 4.69) is 4.98 Å². The minimum atomic E-state index is -0.482. The van der Waals surface area contributed by atoms with E-state index in [0.29, 0.717) is 16.4 Å². The first-order valence-electron chi connectivity index (χ1n) is 8.65. The number of aromatic nitrogens is 3. The summed E-state index contributed by atoms with van der Waals surface area (Å²) in [7, 11) is 0. The summed E-state index contributed by atoms with van der Waals surface area (Å²) in [5.41, 5.74) is 1.71. The molecule has 1 amide bonds. The first kappa shape index (κ1) is 17.9. The highest BCUT2D eigenvalue weighted by Crippen LogP contribution is 2.38. The number of benzene rings is 1. The van der Waals surface area contributed by atoms with Gasteiger partial charge in [-0.25, -0.2) is 4.90 Å². The number of carbonyl (C=O) groups is 1. The number of hydrogen-bond donors (Lipinski definition) is 1. The van der Waals surface area contributed by atoms with Gasteiger partial charge in [-0.2, -0.15) is 0 Å². The van der Waals surface area contributed by atoms with Gasteiger partial charge in [0.05, 0.1) is 16.1 Å². The zero-order valence-electron chi connectivity index (χ0n) is 15.2. The van der Waals surface area contributed by atoms with Crippen LogP contribution in [0.25, 0.3) is 11.3 Å². The van der Waals surface area contributed by atoms with Gasteiger partial charge in [0, 0.05) is 16.9 Å². The van der Waals surface area contributed by atoms with Crippen LogP contribution >= 0.6 is 23.1 Å². The van der Waals surface area contributed by atoms with E-state index in [9.17, 15) is 9.59 Å². The summed E-state index contributed by atoms with van der Waals surface area (Å²) in [6.45, 7) is 5.58. The van der Waals surface area contributed by atoms with Gasteiger partial charge in [0.15, 0.2) is 0 Å². The number of rotatable bonds is 3. The van der Waals surface area contributed by atoms with E-state index in [-0.39, 0.29) is 11.5 Å². The summed E-state index contributed by atoms with van der Waals surface area (Å²) in [6.07, 6.45) is -0.482. The number of H-pyrrole nitrogens is 1. The van der Waals surface area contributed by atoms with Gasteiger partial charge in [0.25, 0.3) is 0 Å². The monoisotopic (exact) mass is 399 g/mol. The zero-order chi connectivity index (χ0) is 19.1. The predicted octanol–water partition coefficient (Wildman–Crippen LogP) is 3.12. The van der Waals surface area contributed by atoms with Crippen molar-refractivity contribution in [3.63, 3.8) is 0 Å². The molecule has 8 heteroatoms. The molecular formula is C19H19N4O2S2+. The third-order valence-electron chi connectivity index (χ3n) is 4.39. The molecule has 2 aromatic heterocycles. The van der Waals surface area contributed by atoms with Gasteiger partial charge >= 0.3 is 17.4 Å². The molecule has 0 radical (unpaired) electrons. The first-order valence-corrected chi connectivity index (χ1v) is 10.5. The topological polar surface area (TPSA) is 69.9 Å². The summed E-state index contributed by atoms with van der Waals surface area (Å²) < 4.78 is 1.70. The first-order chi connectivity index (χ1) is 13.0. The second kappa shape index (κ2) is 6.94. The maximum absolute atomic E-state index is 13.0. The van der Waals surface area contributed by atoms with E-state index in [0.717, 1.165) is 21.2 Å². The van der Waals surface area contributed by atoms with Crippen LogP contribution in [0.15, 0.2) is 46.3 Å². The van der Waals surface area contributed by atoms with Crippen molar-refractivity contribution in [2.45, 2.75) is 32.1 Å². The van der Waals surface area contributed by atoms with Crippen LogP contribution in [0.1, 0.15) is 29.8 Å². The van der Waals surface area contributed by atoms with E-state index >= 15 is 0 Å². The molecule has 0 spiro atoms. The number of hydrogen-bond acceptors (Lipinski definition) is 5. The maximum Gasteiger partial charge on any atom is 0.325 e. The smallest absolute Gasteiger partial charge is 0.291 e. The second-order valence-corrected chi connectivity index (χ2v) is 8.79. The molecule has 0 saturated heterocycles. The molecule has 0 unspecified atom stereocenters. The van der Waals surface area contributed by atoms with Crippen molar-refractivity contribution in [3.05, 3.63) is 56.5 Å². The van der Waals surface area contributed by atoms with Gasteiger partial charge in [-0.1, -0.05) is 30.8 Å². The van der Waals surface area contributed by atoms with Crippen LogP contribution in [-0.4, -0.2) is 21.7 Å². The minimum absolute atomic E-state index is 0.0940. The summed E-state index contributed by atoms with van der Waals surface area (Å²) >= 11 is 3.07. The molecule has 4 rings (SSSR count). The summed E-state index contributed by atoms with van der Waals surface area (Å²) in [6, 6.07) is 11.5. The van der Waals surface area contributed by atoms with Crippen molar-refractivity contribution in [1.29, 1.82) is 0 Å². The average molecular weight is 400 g/mol. The molecule has 3 heterocycles. The quantitative estimate of drug-likeness (QED) is 0.543. The Morgan fingerprint density at radius 2 is 2.11 bits per heavy atom. The van der Waals surface area contributed by atoms with Gasteiger partial charge < -0.3 is 0 Å². The molecule has 1 aliphatic heterocycles. The van der Waals surface area contributed by atoms with Crippen molar-refractivity contribution in [1.82, 2.24) is 10.1 Å². The van der Waals surface area contributed by atoms with Gasteiger partial charge in [-0.05, 0) is 41.6 Å². The Labute approximate surface area is 164 Å². The molecule has 1 atom stereocenters. The maximum atomic E-state index is 13.0. The Morgan fingerprint density at radius 3 is 2.78 bits per heavy atom. The summed E-state index contributed by atoms with van der Waals surface area (Å²) in [5.74, 6) is 0.696. The van der Waals surface area contributed by atoms with Crippen LogP contribution in [0.3, 0.4) is 0 Å². The standard InChI is InChI=1S/C19H18N4O2S2/c1-4-26-19-20-17(25)16-13-7-5-6-8-14(13)22(12(3)24)18(23(16)21-19)15-10-9-11(2)27-15/h5-10,18H,4H2,1-3H3/p+1/t18-/m0/s1. The lowest BCUT2D eigenvalue weighted by atomic mass is 10.0. The third-order valence-corrected chi connectivity index (χ3v) is 6.18. The molecule has 6 nitrogen and oxygen atoms in total. The lowest BCUT2D eigenvalue weighted by Crippen LogP contribution is -2.60. The van der Waals surface area contributed by atoms with E-state index in [1.54, 1.807) is 27.8 Å². The molecule has 1 aromatic carbocycles. The Bertz CT molecular complexity index is 1090. The van der Waals surface area contributed by atoms with Crippen molar-refractivity contribution in [2.75, 3.05) is 10.7 Å². The molecule has 0 fully saturated rings. The van der Waals surface area contributed by atoms with E-state index in [1.165, 1.54) is 11.8 Å². The zero-order valence-corrected chi connectivity index (χ0v) is 16.9. The number of thioether (sulfide) groups is 1. The van der Waals surface area contributed by atoms with E-state index in [4.69, 9.17) is 5.10 Å². The van der Waals surface area contributed by atoms with Gasteiger partial charge in [-0.3, -0.25) is 14.6 Å². The molecule has 0 bridgehead atoms. The molecule has 1 aliphatic rings. The SMILES string of the molecule is CCSc1n[n+]2c(c(=O)[nH]1)-c1ccccc1N(C(C)=O)[C@@H]2c1ccc(C)s1. The van der Waals surface area contributed by atoms with Crippen LogP contribution in [-0.2, 0) is 4.79 Å². The highest BCUT2D eigenvalue weighted by atomic mass is 32.2. The number of carbonyl (C=O) groups excluding carboxylic acids is 1. The molecule has 0 aliphatic carbocycles. The third kappa shape index (κ3) is 2.98. The number of anilines is 1. The summed E-state index contributed by atoms with van der Waals surface area (Å²) in [5, 5.41) is 5.25. The fourth-order valence-corrected chi connectivity index (χ4v) is 4.90. The van der Waals surface area contributed by atoms with Crippen LogP contribution < -0.4 is 15.1 Å². The molecular weight excluding hydrogens is 380 g/mol.